The second-order valence-corrected chi connectivity index (χ2v) is 5.36. The SMILES string of the molecule is Cc1cn(CCO)cc1CNC(=O)C(C)(C)C. The van der Waals surface area contributed by atoms with Crippen LogP contribution in [-0.4, -0.2) is 22.2 Å². The number of aliphatic hydroxyl groups excluding tert-OH is 1. The predicted molar refractivity (Wildman–Crippen MR) is 67.6 cm³/mol. The quantitative estimate of drug-likeness (QED) is 0.834. The molecule has 4 heteroatoms. The van der Waals surface area contributed by atoms with Crippen LogP contribution in [0.5, 0.6) is 0 Å². The van der Waals surface area contributed by atoms with Crippen LogP contribution >= 0.6 is 0 Å². The van der Waals surface area contributed by atoms with Crippen molar-refractivity contribution in [3.05, 3.63) is 23.5 Å². The minimum Gasteiger partial charge on any atom is -0.395 e. The molecule has 0 aliphatic rings. The number of carbonyl (C=O) groups excluding carboxylic acids is 1. The van der Waals surface area contributed by atoms with E-state index in [1.165, 1.54) is 0 Å². The third-order valence-electron chi connectivity index (χ3n) is 2.67. The lowest BCUT2D eigenvalue weighted by atomic mass is 9.95. The van der Waals surface area contributed by atoms with E-state index in [2.05, 4.69) is 5.32 Å². The van der Waals surface area contributed by atoms with Crippen molar-refractivity contribution in [3.63, 3.8) is 0 Å². The molecule has 0 saturated heterocycles. The number of amides is 1. The molecule has 1 rings (SSSR count). The first-order valence-corrected chi connectivity index (χ1v) is 5.89. The van der Waals surface area contributed by atoms with Gasteiger partial charge in [0, 0.05) is 30.9 Å². The highest BCUT2D eigenvalue weighted by atomic mass is 16.3. The molecule has 0 aliphatic heterocycles. The van der Waals surface area contributed by atoms with Gasteiger partial charge in [0.05, 0.1) is 6.61 Å². The summed E-state index contributed by atoms with van der Waals surface area (Å²) >= 11 is 0. The van der Waals surface area contributed by atoms with E-state index in [1.807, 2.05) is 44.7 Å². The smallest absolute Gasteiger partial charge is 0.225 e. The van der Waals surface area contributed by atoms with Gasteiger partial charge in [-0.3, -0.25) is 4.79 Å². The Kier molecular flexibility index (Phi) is 4.34. The Labute approximate surface area is 103 Å². The third-order valence-corrected chi connectivity index (χ3v) is 2.67. The van der Waals surface area contributed by atoms with Crippen LogP contribution in [-0.2, 0) is 17.9 Å². The van der Waals surface area contributed by atoms with Crippen molar-refractivity contribution in [2.75, 3.05) is 6.61 Å². The maximum absolute atomic E-state index is 11.7. The topological polar surface area (TPSA) is 54.3 Å². The molecule has 17 heavy (non-hydrogen) atoms. The zero-order valence-electron chi connectivity index (χ0n) is 11.1. The molecule has 2 N–H and O–H groups in total. The lowest BCUT2D eigenvalue weighted by Gasteiger charge is -2.17. The third kappa shape index (κ3) is 3.89. The summed E-state index contributed by atoms with van der Waals surface area (Å²) in [6.07, 6.45) is 3.95. The average molecular weight is 238 g/mol. The fourth-order valence-corrected chi connectivity index (χ4v) is 1.54. The number of aromatic nitrogens is 1. The van der Waals surface area contributed by atoms with E-state index in [0.29, 0.717) is 13.1 Å². The van der Waals surface area contributed by atoms with Crippen LogP contribution < -0.4 is 5.32 Å². The van der Waals surface area contributed by atoms with Crippen LogP contribution in [0.15, 0.2) is 12.4 Å². The molecule has 1 amide bonds. The van der Waals surface area contributed by atoms with Crippen LogP contribution in [0.25, 0.3) is 0 Å². The molecule has 0 aliphatic carbocycles. The van der Waals surface area contributed by atoms with Gasteiger partial charge in [0.25, 0.3) is 0 Å². The summed E-state index contributed by atoms with van der Waals surface area (Å²) in [5, 5.41) is 11.8. The lowest BCUT2D eigenvalue weighted by Crippen LogP contribution is -2.34. The van der Waals surface area contributed by atoms with Gasteiger partial charge >= 0.3 is 0 Å². The lowest BCUT2D eigenvalue weighted by molar-refractivity contribution is -0.128. The van der Waals surface area contributed by atoms with E-state index in [1.54, 1.807) is 0 Å². The molecule has 0 unspecified atom stereocenters. The number of hydrogen-bond acceptors (Lipinski definition) is 2. The standard InChI is InChI=1S/C13H22N2O2/c1-10-8-15(5-6-16)9-11(10)7-14-12(17)13(2,3)4/h8-9,16H,5-7H2,1-4H3,(H,14,17). The average Bonchev–Trinajstić information content (AvgIpc) is 2.54. The van der Waals surface area contributed by atoms with Gasteiger partial charge in [0.15, 0.2) is 0 Å². The largest absolute Gasteiger partial charge is 0.395 e. The van der Waals surface area contributed by atoms with Crippen molar-refractivity contribution in [1.82, 2.24) is 9.88 Å². The monoisotopic (exact) mass is 238 g/mol. The predicted octanol–water partition coefficient (Wildman–Crippen LogP) is 1.45. The first kappa shape index (κ1) is 13.8. The second kappa shape index (κ2) is 5.36. The van der Waals surface area contributed by atoms with Gasteiger partial charge in [-0.2, -0.15) is 0 Å². The Hall–Kier alpha value is -1.29. The van der Waals surface area contributed by atoms with Gasteiger partial charge in [-0.25, -0.2) is 0 Å². The highest BCUT2D eigenvalue weighted by molar-refractivity contribution is 5.81. The summed E-state index contributed by atoms with van der Waals surface area (Å²) in [6.45, 7) is 8.95. The van der Waals surface area contributed by atoms with Gasteiger partial charge in [0.1, 0.15) is 0 Å². The number of hydrogen-bond donors (Lipinski definition) is 2. The Morgan fingerprint density at radius 2 is 2.06 bits per heavy atom. The van der Waals surface area contributed by atoms with Crippen molar-refractivity contribution in [2.24, 2.45) is 5.41 Å². The van der Waals surface area contributed by atoms with E-state index in [9.17, 15) is 4.79 Å². The van der Waals surface area contributed by atoms with Gasteiger partial charge in [-0.1, -0.05) is 20.8 Å². The van der Waals surface area contributed by atoms with Crippen molar-refractivity contribution < 1.29 is 9.90 Å². The van der Waals surface area contributed by atoms with Crippen molar-refractivity contribution in [2.45, 2.75) is 40.8 Å². The molecular formula is C13H22N2O2. The summed E-state index contributed by atoms with van der Waals surface area (Å²) in [7, 11) is 0. The van der Waals surface area contributed by atoms with Crippen LogP contribution in [0.3, 0.4) is 0 Å². The van der Waals surface area contributed by atoms with E-state index in [4.69, 9.17) is 5.11 Å². The Bertz CT molecular complexity index is 389. The number of nitrogens with one attached hydrogen (secondary N) is 1. The van der Waals surface area contributed by atoms with E-state index in [0.717, 1.165) is 11.1 Å². The van der Waals surface area contributed by atoms with Gasteiger partial charge < -0.3 is 15.0 Å². The molecule has 1 aromatic rings. The molecule has 96 valence electrons. The highest BCUT2D eigenvalue weighted by Crippen LogP contribution is 2.14. The Morgan fingerprint density at radius 3 is 2.59 bits per heavy atom. The zero-order valence-corrected chi connectivity index (χ0v) is 11.1. The van der Waals surface area contributed by atoms with Crippen LogP contribution in [0.2, 0.25) is 0 Å². The van der Waals surface area contributed by atoms with Gasteiger partial charge in [0.2, 0.25) is 5.91 Å². The maximum Gasteiger partial charge on any atom is 0.225 e. The van der Waals surface area contributed by atoms with Crippen molar-refractivity contribution in [1.29, 1.82) is 0 Å². The molecule has 0 spiro atoms. The molecule has 0 atom stereocenters. The molecule has 1 heterocycles. The molecule has 1 aromatic heterocycles. The molecule has 4 nitrogen and oxygen atoms in total. The van der Waals surface area contributed by atoms with E-state index >= 15 is 0 Å². The van der Waals surface area contributed by atoms with E-state index in [-0.39, 0.29) is 17.9 Å². The van der Waals surface area contributed by atoms with Crippen LogP contribution in [0.4, 0.5) is 0 Å². The number of carbonyl (C=O) groups is 1. The zero-order chi connectivity index (χ0) is 13.1. The summed E-state index contributed by atoms with van der Waals surface area (Å²) in [5.41, 5.74) is 1.87. The summed E-state index contributed by atoms with van der Waals surface area (Å²) in [5.74, 6) is 0.0480. The molecule has 0 radical (unpaired) electrons. The highest BCUT2D eigenvalue weighted by Gasteiger charge is 2.20. The normalized spacial score (nSPS) is 11.6. The first-order valence-electron chi connectivity index (χ1n) is 5.89. The molecule has 0 bridgehead atoms. The minimum atomic E-state index is -0.360. The number of nitrogens with zero attached hydrogens (tertiary/aromatic N) is 1. The fourth-order valence-electron chi connectivity index (χ4n) is 1.54. The molecule has 0 saturated carbocycles. The number of rotatable bonds is 4. The van der Waals surface area contributed by atoms with Crippen LogP contribution in [0, 0.1) is 12.3 Å². The van der Waals surface area contributed by atoms with Crippen molar-refractivity contribution >= 4 is 5.91 Å². The Balaban J connectivity index is 2.60. The van der Waals surface area contributed by atoms with E-state index < -0.39 is 0 Å². The maximum atomic E-state index is 11.7. The summed E-state index contributed by atoms with van der Waals surface area (Å²) in [4.78, 5) is 11.7. The number of aryl methyl sites for hydroxylation is 1. The first-order chi connectivity index (χ1) is 7.84. The fraction of sp³-hybridized carbons (Fsp3) is 0.615. The molecule has 0 aromatic carbocycles. The second-order valence-electron chi connectivity index (χ2n) is 5.36. The minimum absolute atomic E-state index is 0.0480. The van der Waals surface area contributed by atoms with Crippen LogP contribution in [0.1, 0.15) is 31.9 Å². The summed E-state index contributed by atoms with van der Waals surface area (Å²) < 4.78 is 1.94. The van der Waals surface area contributed by atoms with Gasteiger partial charge in [-0.15, -0.1) is 0 Å². The molecular weight excluding hydrogens is 216 g/mol. The summed E-state index contributed by atoms with van der Waals surface area (Å²) in [6, 6.07) is 0. The molecule has 0 fully saturated rings. The Morgan fingerprint density at radius 1 is 1.41 bits per heavy atom. The van der Waals surface area contributed by atoms with Crippen molar-refractivity contribution in [3.8, 4) is 0 Å². The number of aliphatic hydroxyl groups is 1. The van der Waals surface area contributed by atoms with Gasteiger partial charge in [-0.05, 0) is 18.1 Å².